The number of alkyl halides is 1. The van der Waals surface area contributed by atoms with Gasteiger partial charge in [-0.15, -0.1) is 0 Å². The van der Waals surface area contributed by atoms with E-state index in [-0.39, 0.29) is 35.3 Å². The fourth-order valence-electron chi connectivity index (χ4n) is 4.17. The zero-order chi connectivity index (χ0) is 29.9. The molecule has 1 fully saturated rings. The zero-order valence-electron chi connectivity index (χ0n) is 23.3. The van der Waals surface area contributed by atoms with Crippen molar-refractivity contribution in [2.75, 3.05) is 18.9 Å². The third kappa shape index (κ3) is 6.76. The summed E-state index contributed by atoms with van der Waals surface area (Å²) in [5.41, 5.74) is 3.79. The van der Waals surface area contributed by atoms with E-state index in [2.05, 4.69) is 20.0 Å². The summed E-state index contributed by atoms with van der Waals surface area (Å²) in [5.74, 6) is -0.519. The van der Waals surface area contributed by atoms with E-state index in [9.17, 15) is 14.5 Å². The Morgan fingerprint density at radius 3 is 2.66 bits per heavy atom. The van der Waals surface area contributed by atoms with Gasteiger partial charge in [-0.3, -0.25) is 13.9 Å². The molecule has 4 rings (SSSR count). The number of aromatic nitrogens is 4. The molecule has 1 aromatic carbocycles. The van der Waals surface area contributed by atoms with E-state index in [4.69, 9.17) is 29.0 Å². The van der Waals surface area contributed by atoms with Crippen LogP contribution in [0.25, 0.3) is 11.2 Å². The summed E-state index contributed by atoms with van der Waals surface area (Å²) in [7, 11) is -4.29. The minimum atomic E-state index is -4.29. The molecule has 3 aromatic rings. The summed E-state index contributed by atoms with van der Waals surface area (Å²) in [4.78, 5) is 24.8. The number of ether oxygens (including phenoxy) is 3. The van der Waals surface area contributed by atoms with E-state index in [1.54, 1.807) is 51.1 Å². The molecule has 6 atom stereocenters. The lowest BCUT2D eigenvalue weighted by Crippen LogP contribution is -2.41. The number of imidazole rings is 1. The maximum Gasteiger partial charge on any atom is 0.459 e. The number of hydrogen-bond donors (Lipinski definition) is 3. The lowest BCUT2D eigenvalue weighted by Gasteiger charge is -2.25. The van der Waals surface area contributed by atoms with Gasteiger partial charge >= 0.3 is 13.7 Å². The number of nitrogen functional groups attached to an aromatic ring is 1. The van der Waals surface area contributed by atoms with Crippen LogP contribution in [0, 0.1) is 0 Å². The third-order valence-corrected chi connectivity index (χ3v) is 7.74. The molecule has 4 N–H and O–H groups in total. The van der Waals surface area contributed by atoms with Gasteiger partial charge in [0.1, 0.15) is 24.0 Å². The molecule has 3 heterocycles. The Hall–Kier alpha value is -3.36. The summed E-state index contributed by atoms with van der Waals surface area (Å²) in [5, 5.41) is 13.4. The van der Waals surface area contributed by atoms with E-state index in [0.717, 1.165) is 6.92 Å². The topological polar surface area (TPSA) is 182 Å². The number of halogens is 1. The van der Waals surface area contributed by atoms with Crippen LogP contribution >= 0.6 is 7.75 Å². The predicted octanol–water partition coefficient (Wildman–Crippen LogP) is 2.93. The van der Waals surface area contributed by atoms with Gasteiger partial charge in [-0.05, 0) is 46.8 Å². The van der Waals surface area contributed by atoms with Crippen LogP contribution in [0.3, 0.4) is 0 Å². The minimum Gasteiger partial charge on any atom is -0.476 e. The van der Waals surface area contributed by atoms with Gasteiger partial charge in [-0.2, -0.15) is 15.1 Å². The first-order valence-corrected chi connectivity index (χ1v) is 14.5. The maximum atomic E-state index is 16.0. The molecule has 0 amide bonds. The maximum absolute atomic E-state index is 16.0. The van der Waals surface area contributed by atoms with E-state index in [0.29, 0.717) is 0 Å². The van der Waals surface area contributed by atoms with Crippen molar-refractivity contribution in [2.45, 2.75) is 70.9 Å². The second-order valence-electron chi connectivity index (χ2n) is 9.80. The highest BCUT2D eigenvalue weighted by Gasteiger charge is 2.56. The van der Waals surface area contributed by atoms with Crippen LogP contribution in [0.15, 0.2) is 36.7 Å². The highest BCUT2D eigenvalue weighted by Crippen LogP contribution is 2.48. The molecule has 2 aromatic heterocycles. The summed E-state index contributed by atoms with van der Waals surface area (Å²) in [6.45, 7) is 7.38. The van der Waals surface area contributed by atoms with E-state index < -0.39 is 56.6 Å². The van der Waals surface area contributed by atoms with Crippen molar-refractivity contribution in [3.8, 4) is 11.6 Å². The Labute approximate surface area is 235 Å². The van der Waals surface area contributed by atoms with Crippen LogP contribution in [-0.2, 0) is 23.4 Å². The summed E-state index contributed by atoms with van der Waals surface area (Å²) in [6, 6.07) is 7.03. The molecule has 0 aliphatic carbocycles. The largest absolute Gasteiger partial charge is 0.476 e. The number of nitrogens with one attached hydrogen (secondary N) is 1. The SMILES string of the molecule is CCOc1nc(N)nc2c1ncn2[C@@H]1O[C@H](COP(=O)(N[C@H](C)C(=O)OC(C)C)Oc2ccccc2)[C@@H](O)[C@@]1(C)F. The molecular weight excluding hydrogens is 562 g/mol. The molecule has 0 radical (unpaired) electrons. The number of anilines is 1. The molecule has 1 unspecified atom stereocenters. The number of carbonyl (C=O) groups is 1. The molecule has 41 heavy (non-hydrogen) atoms. The molecule has 0 bridgehead atoms. The molecule has 1 aliphatic heterocycles. The third-order valence-electron chi connectivity index (χ3n) is 6.09. The summed E-state index contributed by atoms with van der Waals surface area (Å²) < 4.78 is 58.8. The Morgan fingerprint density at radius 1 is 1.29 bits per heavy atom. The van der Waals surface area contributed by atoms with Crippen LogP contribution < -0.4 is 20.1 Å². The number of benzene rings is 1. The number of rotatable bonds is 12. The summed E-state index contributed by atoms with van der Waals surface area (Å²) >= 11 is 0. The molecule has 0 spiro atoms. The molecule has 14 nitrogen and oxygen atoms in total. The second-order valence-corrected chi connectivity index (χ2v) is 11.5. The standard InChI is InChI=1S/C25H34FN6O8P/c1-6-36-21-18-20(29-24(27)30-21)32(13-28-18)23-25(5,26)19(33)17(39-23)12-37-41(35,40-16-10-8-7-9-11-16)31-15(4)22(34)38-14(2)3/h7-11,13-15,17,19,23,33H,6,12H2,1-5H3,(H,31,35)(H2,27,29,30)/t15-,17-,19-,23-,25-,41?/m1/s1. The van der Waals surface area contributed by atoms with Gasteiger partial charge in [0.15, 0.2) is 23.1 Å². The molecular formula is C25H34FN6O8P. The van der Waals surface area contributed by atoms with Crippen molar-refractivity contribution in [1.29, 1.82) is 0 Å². The Morgan fingerprint density at radius 2 is 2.00 bits per heavy atom. The van der Waals surface area contributed by atoms with Crippen molar-refractivity contribution >= 4 is 30.8 Å². The molecule has 16 heteroatoms. The predicted molar refractivity (Wildman–Crippen MR) is 145 cm³/mol. The number of carbonyl (C=O) groups excluding carboxylic acids is 1. The second kappa shape index (κ2) is 12.2. The number of fused-ring (bicyclic) bond motifs is 1. The Kier molecular flexibility index (Phi) is 9.14. The van der Waals surface area contributed by atoms with Crippen LogP contribution in [0.1, 0.15) is 40.8 Å². The van der Waals surface area contributed by atoms with Crippen LogP contribution in [0.5, 0.6) is 11.6 Å². The van der Waals surface area contributed by atoms with Gasteiger partial charge in [0.25, 0.3) is 0 Å². The first kappa shape index (κ1) is 30.6. The number of aliphatic hydroxyl groups is 1. The minimum absolute atomic E-state index is 0.114. The van der Waals surface area contributed by atoms with Crippen molar-refractivity contribution in [3.63, 3.8) is 0 Å². The molecule has 1 aliphatic rings. The average molecular weight is 597 g/mol. The number of para-hydroxylation sites is 1. The lowest BCUT2D eigenvalue weighted by atomic mass is 9.98. The van der Waals surface area contributed by atoms with Crippen LogP contribution in [0.2, 0.25) is 0 Å². The smallest absolute Gasteiger partial charge is 0.459 e. The molecule has 224 valence electrons. The number of hydrogen-bond acceptors (Lipinski definition) is 12. The molecule has 1 saturated heterocycles. The van der Waals surface area contributed by atoms with Crippen molar-refractivity contribution in [1.82, 2.24) is 24.6 Å². The molecule has 0 saturated carbocycles. The number of nitrogens with two attached hydrogens (primary N) is 1. The average Bonchev–Trinajstić information content (AvgIpc) is 3.41. The van der Waals surface area contributed by atoms with Gasteiger partial charge < -0.3 is 29.6 Å². The first-order chi connectivity index (χ1) is 19.3. The fraction of sp³-hybridized carbons (Fsp3) is 0.520. The van der Waals surface area contributed by atoms with Gasteiger partial charge in [-0.1, -0.05) is 18.2 Å². The number of aliphatic hydroxyl groups excluding tert-OH is 1. The summed E-state index contributed by atoms with van der Waals surface area (Å²) in [6.07, 6.45) is -3.61. The van der Waals surface area contributed by atoms with Gasteiger partial charge in [0, 0.05) is 0 Å². The van der Waals surface area contributed by atoms with Crippen LogP contribution in [-0.4, -0.2) is 73.8 Å². The Bertz CT molecular complexity index is 1410. The number of esters is 1. The van der Waals surface area contributed by atoms with Crippen LogP contribution in [0.4, 0.5) is 10.3 Å². The van der Waals surface area contributed by atoms with E-state index in [1.807, 2.05) is 0 Å². The van der Waals surface area contributed by atoms with Crippen molar-refractivity contribution in [2.24, 2.45) is 0 Å². The lowest BCUT2D eigenvalue weighted by molar-refractivity contribution is -0.149. The zero-order valence-corrected chi connectivity index (χ0v) is 24.2. The normalized spacial score (nSPS) is 24.7. The highest BCUT2D eigenvalue weighted by molar-refractivity contribution is 7.52. The Balaban J connectivity index is 1.56. The fourth-order valence-corrected chi connectivity index (χ4v) is 5.67. The number of nitrogens with zero attached hydrogens (tertiary/aromatic N) is 4. The van der Waals surface area contributed by atoms with Gasteiger partial charge in [-0.25, -0.2) is 13.9 Å². The van der Waals surface area contributed by atoms with Crippen molar-refractivity contribution < 1.29 is 42.1 Å². The van der Waals surface area contributed by atoms with E-state index in [1.165, 1.54) is 17.8 Å². The van der Waals surface area contributed by atoms with E-state index >= 15 is 4.39 Å². The van der Waals surface area contributed by atoms with Crippen molar-refractivity contribution in [3.05, 3.63) is 36.7 Å². The quantitative estimate of drug-likeness (QED) is 0.205. The first-order valence-electron chi connectivity index (χ1n) is 13.0. The van der Waals surface area contributed by atoms with Gasteiger partial charge in [0.2, 0.25) is 11.8 Å². The van der Waals surface area contributed by atoms with Gasteiger partial charge in [0.05, 0.1) is 25.6 Å². The monoisotopic (exact) mass is 596 g/mol. The highest BCUT2D eigenvalue weighted by atomic mass is 31.2.